The maximum absolute atomic E-state index is 11.6. The molecule has 0 aromatic carbocycles. The Morgan fingerprint density at radius 2 is 1.92 bits per heavy atom. The smallest absolute Gasteiger partial charge is 0.149 e. The van der Waals surface area contributed by atoms with Crippen molar-refractivity contribution in [1.82, 2.24) is 5.32 Å². The van der Waals surface area contributed by atoms with E-state index in [0.29, 0.717) is 11.7 Å². The van der Waals surface area contributed by atoms with Crippen molar-refractivity contribution in [2.75, 3.05) is 7.05 Å². The van der Waals surface area contributed by atoms with Gasteiger partial charge in [0.2, 0.25) is 0 Å². The molecule has 2 heteroatoms. The SMILES string of the molecule is CCCCCC(=O)C(NC)C(C)C. The first-order valence-corrected chi connectivity index (χ1v) is 5.33. The number of carbonyl (C=O) groups is 1. The lowest BCUT2D eigenvalue weighted by molar-refractivity contribution is -0.122. The topological polar surface area (TPSA) is 29.1 Å². The van der Waals surface area contributed by atoms with Crippen molar-refractivity contribution in [2.24, 2.45) is 5.92 Å². The van der Waals surface area contributed by atoms with E-state index in [-0.39, 0.29) is 6.04 Å². The number of carbonyl (C=O) groups excluding carboxylic acids is 1. The molecular weight excluding hydrogens is 162 g/mol. The standard InChI is InChI=1S/C11H23NO/c1-5-6-7-8-10(13)11(12-4)9(2)3/h9,11-12H,5-8H2,1-4H3. The lowest BCUT2D eigenvalue weighted by atomic mass is 9.96. The highest BCUT2D eigenvalue weighted by Gasteiger charge is 2.18. The molecule has 0 aromatic heterocycles. The summed E-state index contributed by atoms with van der Waals surface area (Å²) in [6, 6.07) is 0.0526. The highest BCUT2D eigenvalue weighted by Crippen LogP contribution is 2.08. The molecular formula is C11H23NO. The molecule has 0 amide bonds. The predicted molar refractivity (Wildman–Crippen MR) is 56.8 cm³/mol. The Balaban J connectivity index is 3.78. The number of nitrogens with one attached hydrogen (secondary N) is 1. The minimum atomic E-state index is 0.0526. The van der Waals surface area contributed by atoms with E-state index < -0.39 is 0 Å². The highest BCUT2D eigenvalue weighted by atomic mass is 16.1. The van der Waals surface area contributed by atoms with Crippen LogP contribution >= 0.6 is 0 Å². The monoisotopic (exact) mass is 185 g/mol. The van der Waals surface area contributed by atoms with Crippen LogP contribution in [0.4, 0.5) is 0 Å². The van der Waals surface area contributed by atoms with Gasteiger partial charge in [0.15, 0.2) is 0 Å². The molecule has 0 saturated carbocycles. The lowest BCUT2D eigenvalue weighted by Gasteiger charge is -2.18. The fourth-order valence-electron chi connectivity index (χ4n) is 1.57. The van der Waals surface area contributed by atoms with Crippen molar-refractivity contribution < 1.29 is 4.79 Å². The molecule has 13 heavy (non-hydrogen) atoms. The number of hydrogen-bond acceptors (Lipinski definition) is 2. The van der Waals surface area contributed by atoms with Crippen molar-refractivity contribution in [3.8, 4) is 0 Å². The lowest BCUT2D eigenvalue weighted by Crippen LogP contribution is -2.38. The van der Waals surface area contributed by atoms with Gasteiger partial charge in [-0.3, -0.25) is 4.79 Å². The van der Waals surface area contributed by atoms with Gasteiger partial charge >= 0.3 is 0 Å². The molecule has 0 radical (unpaired) electrons. The zero-order valence-corrected chi connectivity index (χ0v) is 9.39. The van der Waals surface area contributed by atoms with Gasteiger partial charge in [0.25, 0.3) is 0 Å². The number of rotatable bonds is 7. The minimum absolute atomic E-state index is 0.0526. The average Bonchev–Trinajstić information content (AvgIpc) is 2.05. The van der Waals surface area contributed by atoms with Crippen molar-refractivity contribution in [1.29, 1.82) is 0 Å². The normalized spacial score (nSPS) is 13.3. The van der Waals surface area contributed by atoms with E-state index in [9.17, 15) is 4.79 Å². The molecule has 1 N–H and O–H groups in total. The quantitative estimate of drug-likeness (QED) is 0.617. The molecule has 0 saturated heterocycles. The number of ketones is 1. The summed E-state index contributed by atoms with van der Waals surface area (Å²) in [6.45, 7) is 6.32. The molecule has 0 spiro atoms. The van der Waals surface area contributed by atoms with Crippen molar-refractivity contribution in [3.05, 3.63) is 0 Å². The van der Waals surface area contributed by atoms with Gasteiger partial charge in [-0.15, -0.1) is 0 Å². The van der Waals surface area contributed by atoms with Crippen LogP contribution in [-0.2, 0) is 4.79 Å². The summed E-state index contributed by atoms with van der Waals surface area (Å²) in [5.41, 5.74) is 0. The van der Waals surface area contributed by atoms with Crippen LogP contribution in [0.5, 0.6) is 0 Å². The van der Waals surface area contributed by atoms with Crippen molar-refractivity contribution >= 4 is 5.78 Å². The van der Waals surface area contributed by atoms with Crippen LogP contribution in [0, 0.1) is 5.92 Å². The van der Waals surface area contributed by atoms with Crippen LogP contribution in [-0.4, -0.2) is 18.9 Å². The van der Waals surface area contributed by atoms with Crippen LogP contribution in [0.3, 0.4) is 0 Å². The largest absolute Gasteiger partial charge is 0.310 e. The summed E-state index contributed by atoms with van der Waals surface area (Å²) in [4.78, 5) is 11.6. The molecule has 2 nitrogen and oxygen atoms in total. The van der Waals surface area contributed by atoms with Gasteiger partial charge in [-0.1, -0.05) is 33.6 Å². The fourth-order valence-corrected chi connectivity index (χ4v) is 1.57. The number of likely N-dealkylation sites (N-methyl/N-ethyl adjacent to an activating group) is 1. The zero-order chi connectivity index (χ0) is 10.3. The zero-order valence-electron chi connectivity index (χ0n) is 9.39. The van der Waals surface area contributed by atoms with E-state index in [0.717, 1.165) is 12.8 Å². The van der Waals surface area contributed by atoms with Gasteiger partial charge in [0.05, 0.1) is 6.04 Å². The Hall–Kier alpha value is -0.370. The van der Waals surface area contributed by atoms with E-state index in [1.807, 2.05) is 7.05 Å². The summed E-state index contributed by atoms with van der Waals surface area (Å²) in [7, 11) is 1.86. The van der Waals surface area contributed by atoms with Gasteiger partial charge in [0.1, 0.15) is 5.78 Å². The fraction of sp³-hybridized carbons (Fsp3) is 0.909. The Labute approximate surface area is 82.1 Å². The van der Waals surface area contributed by atoms with E-state index in [1.165, 1.54) is 12.8 Å². The molecule has 1 unspecified atom stereocenters. The second-order valence-corrected chi connectivity index (χ2v) is 3.93. The molecule has 78 valence electrons. The summed E-state index contributed by atoms with van der Waals surface area (Å²) in [6.07, 6.45) is 4.12. The van der Waals surface area contributed by atoms with Crippen molar-refractivity contribution in [3.63, 3.8) is 0 Å². The molecule has 0 aliphatic carbocycles. The second-order valence-electron chi connectivity index (χ2n) is 3.93. The van der Waals surface area contributed by atoms with Gasteiger partial charge in [-0.25, -0.2) is 0 Å². The van der Waals surface area contributed by atoms with E-state index >= 15 is 0 Å². The Bertz CT molecular complexity index is 143. The molecule has 0 fully saturated rings. The molecule has 0 aliphatic rings. The molecule has 1 atom stereocenters. The summed E-state index contributed by atoms with van der Waals surface area (Å²) >= 11 is 0. The number of Topliss-reactive ketones (excluding diaryl/α,β-unsaturated/α-hetero) is 1. The minimum Gasteiger partial charge on any atom is -0.310 e. The third-order valence-electron chi connectivity index (χ3n) is 2.35. The third kappa shape index (κ3) is 5.04. The Morgan fingerprint density at radius 3 is 2.31 bits per heavy atom. The first kappa shape index (κ1) is 12.6. The van der Waals surface area contributed by atoms with Gasteiger partial charge in [-0.05, 0) is 19.4 Å². The first-order valence-electron chi connectivity index (χ1n) is 5.33. The van der Waals surface area contributed by atoms with Crippen LogP contribution in [0.1, 0.15) is 46.5 Å². The molecule has 0 aromatic rings. The third-order valence-corrected chi connectivity index (χ3v) is 2.35. The Kier molecular flexibility index (Phi) is 6.87. The van der Waals surface area contributed by atoms with Crippen LogP contribution in [0.25, 0.3) is 0 Å². The van der Waals surface area contributed by atoms with E-state index in [4.69, 9.17) is 0 Å². The first-order chi connectivity index (χ1) is 6.13. The van der Waals surface area contributed by atoms with E-state index in [1.54, 1.807) is 0 Å². The number of unbranched alkanes of at least 4 members (excludes halogenated alkanes) is 2. The summed E-state index contributed by atoms with van der Waals surface area (Å²) < 4.78 is 0. The second kappa shape index (κ2) is 7.07. The van der Waals surface area contributed by atoms with Crippen molar-refractivity contribution in [2.45, 2.75) is 52.5 Å². The Morgan fingerprint density at radius 1 is 1.31 bits per heavy atom. The van der Waals surface area contributed by atoms with Gasteiger partial charge < -0.3 is 5.32 Å². The van der Waals surface area contributed by atoms with Crippen LogP contribution in [0.2, 0.25) is 0 Å². The van der Waals surface area contributed by atoms with Gasteiger partial charge in [0, 0.05) is 6.42 Å². The summed E-state index contributed by atoms with van der Waals surface area (Å²) in [5.74, 6) is 0.769. The maximum atomic E-state index is 11.6. The van der Waals surface area contributed by atoms with Crippen LogP contribution < -0.4 is 5.32 Å². The van der Waals surface area contributed by atoms with Gasteiger partial charge in [-0.2, -0.15) is 0 Å². The average molecular weight is 185 g/mol. The highest BCUT2D eigenvalue weighted by molar-refractivity contribution is 5.84. The molecule has 0 heterocycles. The molecule has 0 bridgehead atoms. The summed E-state index contributed by atoms with van der Waals surface area (Å²) in [5, 5.41) is 3.08. The molecule has 0 rings (SSSR count). The molecule has 0 aliphatic heterocycles. The van der Waals surface area contributed by atoms with E-state index in [2.05, 4.69) is 26.1 Å². The number of hydrogen-bond donors (Lipinski definition) is 1. The van der Waals surface area contributed by atoms with Crippen LogP contribution in [0.15, 0.2) is 0 Å². The predicted octanol–water partition coefficient (Wildman–Crippen LogP) is 2.38. The maximum Gasteiger partial charge on any atom is 0.149 e.